The lowest BCUT2D eigenvalue weighted by Gasteiger charge is -2.14. The smallest absolute Gasteiger partial charge is 0.263 e. The highest BCUT2D eigenvalue weighted by Crippen LogP contribution is 2.09. The van der Waals surface area contributed by atoms with E-state index in [0.29, 0.717) is 19.5 Å². The summed E-state index contributed by atoms with van der Waals surface area (Å²) in [7, 11) is 0. The van der Waals surface area contributed by atoms with Crippen molar-refractivity contribution in [2.24, 2.45) is 0 Å². The van der Waals surface area contributed by atoms with Gasteiger partial charge in [-0.25, -0.2) is 0 Å². The zero-order valence-corrected chi connectivity index (χ0v) is 11.9. The third kappa shape index (κ3) is 5.31. The molecule has 0 aromatic rings. The van der Waals surface area contributed by atoms with Crippen LogP contribution in [0.25, 0.3) is 0 Å². The first-order chi connectivity index (χ1) is 9.69. The molecule has 6 nitrogen and oxygen atoms in total. The number of rotatable bonds is 8. The van der Waals surface area contributed by atoms with Crippen molar-refractivity contribution >= 4 is 11.8 Å². The van der Waals surface area contributed by atoms with Gasteiger partial charge in [-0.15, -0.1) is 0 Å². The summed E-state index contributed by atoms with van der Waals surface area (Å²) in [4.78, 5) is 24.8. The van der Waals surface area contributed by atoms with Gasteiger partial charge in [0.2, 0.25) is 5.91 Å². The van der Waals surface area contributed by atoms with Crippen molar-refractivity contribution in [1.29, 1.82) is 5.26 Å². The molecule has 110 valence electrons. The lowest BCUT2D eigenvalue weighted by Crippen LogP contribution is -2.28. The number of hydrogen-bond donors (Lipinski definition) is 2. The molecule has 6 heteroatoms. The molecule has 1 rings (SSSR count). The second-order valence-corrected chi connectivity index (χ2v) is 4.72. The van der Waals surface area contributed by atoms with Crippen LogP contribution in [-0.2, 0) is 9.59 Å². The van der Waals surface area contributed by atoms with Crippen LogP contribution in [0.15, 0.2) is 11.8 Å². The number of likely N-dealkylation sites (tertiary alicyclic amines) is 1. The minimum atomic E-state index is -0.350. The predicted octanol–water partition coefficient (Wildman–Crippen LogP) is 0.522. The fourth-order valence-corrected chi connectivity index (χ4v) is 1.97. The summed E-state index contributed by atoms with van der Waals surface area (Å²) in [5.41, 5.74) is 0.0794. The van der Waals surface area contributed by atoms with E-state index in [0.717, 1.165) is 32.4 Å². The maximum atomic E-state index is 11.6. The summed E-state index contributed by atoms with van der Waals surface area (Å²) in [6.45, 7) is 4.72. The zero-order valence-electron chi connectivity index (χ0n) is 11.9. The number of hydrogen-bond acceptors (Lipinski definition) is 4. The fourth-order valence-electron chi connectivity index (χ4n) is 1.97. The summed E-state index contributed by atoms with van der Waals surface area (Å²) in [6.07, 6.45) is 4.68. The van der Waals surface area contributed by atoms with Gasteiger partial charge in [0.05, 0.1) is 0 Å². The highest BCUT2D eigenvalue weighted by molar-refractivity contribution is 5.97. The van der Waals surface area contributed by atoms with E-state index in [1.807, 2.05) is 17.9 Å². The highest BCUT2D eigenvalue weighted by atomic mass is 16.2. The molecule has 20 heavy (non-hydrogen) atoms. The van der Waals surface area contributed by atoms with E-state index in [1.165, 1.54) is 6.20 Å². The van der Waals surface area contributed by atoms with Gasteiger partial charge in [-0.05, 0) is 19.3 Å². The quantitative estimate of drug-likeness (QED) is 0.385. The Hall–Kier alpha value is -2.03. The summed E-state index contributed by atoms with van der Waals surface area (Å²) in [6, 6.07) is 1.87. The number of nitrogens with one attached hydrogen (secondary N) is 2. The number of carbonyl (C=O) groups is 2. The Labute approximate surface area is 119 Å². The van der Waals surface area contributed by atoms with Gasteiger partial charge in [-0.2, -0.15) is 5.26 Å². The first-order valence-electron chi connectivity index (χ1n) is 7.08. The first kappa shape index (κ1) is 16.0. The molecule has 1 heterocycles. The standard InChI is InChI=1S/C14H22N4O2/c1-2-6-17-14(20)12(10-15)11-16-7-4-9-18-8-3-5-13(18)19/h11,16H,2-9H2,1H3,(H,17,20)/b12-11-. The Balaban J connectivity index is 2.22. The molecule has 1 aliphatic rings. The van der Waals surface area contributed by atoms with Gasteiger partial charge >= 0.3 is 0 Å². The third-order valence-electron chi connectivity index (χ3n) is 3.07. The van der Waals surface area contributed by atoms with Gasteiger partial charge in [0.25, 0.3) is 5.91 Å². The molecular formula is C14H22N4O2. The van der Waals surface area contributed by atoms with Gasteiger partial charge in [0.1, 0.15) is 11.6 Å². The summed E-state index contributed by atoms with van der Waals surface area (Å²) >= 11 is 0. The minimum absolute atomic E-state index is 0.0794. The number of carbonyl (C=O) groups excluding carboxylic acids is 2. The molecule has 0 aromatic heterocycles. The molecule has 0 atom stereocenters. The van der Waals surface area contributed by atoms with Crippen LogP contribution in [0, 0.1) is 11.3 Å². The van der Waals surface area contributed by atoms with Gasteiger partial charge in [-0.3, -0.25) is 9.59 Å². The molecule has 0 bridgehead atoms. The van der Waals surface area contributed by atoms with E-state index in [2.05, 4.69) is 10.6 Å². The fraction of sp³-hybridized carbons (Fsp3) is 0.643. The first-order valence-corrected chi connectivity index (χ1v) is 7.08. The van der Waals surface area contributed by atoms with Crippen molar-refractivity contribution in [3.05, 3.63) is 11.8 Å². The van der Waals surface area contributed by atoms with E-state index in [4.69, 9.17) is 5.26 Å². The van der Waals surface area contributed by atoms with E-state index < -0.39 is 0 Å². The largest absolute Gasteiger partial charge is 0.390 e. The molecule has 0 aliphatic carbocycles. The average Bonchev–Trinajstić information content (AvgIpc) is 2.85. The SMILES string of the molecule is CCCNC(=O)/C(C#N)=C\NCCCN1CCCC1=O. The van der Waals surface area contributed by atoms with Gasteiger partial charge in [0, 0.05) is 38.8 Å². The molecule has 2 N–H and O–H groups in total. The Morgan fingerprint density at radius 2 is 2.30 bits per heavy atom. The topological polar surface area (TPSA) is 85.2 Å². The lowest BCUT2D eigenvalue weighted by molar-refractivity contribution is -0.127. The molecule has 0 aromatic carbocycles. The summed E-state index contributed by atoms with van der Waals surface area (Å²) < 4.78 is 0. The molecule has 0 unspecified atom stereocenters. The van der Waals surface area contributed by atoms with Crippen LogP contribution in [0.5, 0.6) is 0 Å². The average molecular weight is 278 g/mol. The second kappa shape index (κ2) is 8.97. The van der Waals surface area contributed by atoms with Crippen molar-refractivity contribution in [1.82, 2.24) is 15.5 Å². The molecular weight excluding hydrogens is 256 g/mol. The minimum Gasteiger partial charge on any atom is -0.390 e. The second-order valence-electron chi connectivity index (χ2n) is 4.72. The van der Waals surface area contributed by atoms with Gasteiger partial charge in [-0.1, -0.05) is 6.92 Å². The third-order valence-corrected chi connectivity index (χ3v) is 3.07. The molecule has 2 amide bonds. The summed E-state index contributed by atoms with van der Waals surface area (Å²) in [5, 5.41) is 14.5. The van der Waals surface area contributed by atoms with Crippen LogP contribution in [0.4, 0.5) is 0 Å². The van der Waals surface area contributed by atoms with Crippen molar-refractivity contribution in [3.8, 4) is 6.07 Å². The maximum absolute atomic E-state index is 11.6. The van der Waals surface area contributed by atoms with Crippen LogP contribution in [0.2, 0.25) is 0 Å². The van der Waals surface area contributed by atoms with Crippen molar-refractivity contribution < 1.29 is 9.59 Å². The van der Waals surface area contributed by atoms with Crippen molar-refractivity contribution in [2.45, 2.75) is 32.6 Å². The van der Waals surface area contributed by atoms with Crippen LogP contribution in [0.3, 0.4) is 0 Å². The number of amides is 2. The van der Waals surface area contributed by atoms with Crippen molar-refractivity contribution in [3.63, 3.8) is 0 Å². The Morgan fingerprint density at radius 3 is 2.90 bits per heavy atom. The Morgan fingerprint density at radius 1 is 1.50 bits per heavy atom. The molecule has 0 saturated carbocycles. The lowest BCUT2D eigenvalue weighted by atomic mass is 10.3. The van der Waals surface area contributed by atoms with Gasteiger partial charge < -0.3 is 15.5 Å². The summed E-state index contributed by atoms with van der Waals surface area (Å²) in [5.74, 6) is -0.131. The number of nitriles is 1. The van der Waals surface area contributed by atoms with E-state index in [1.54, 1.807) is 0 Å². The molecule has 1 saturated heterocycles. The normalized spacial score (nSPS) is 15.1. The van der Waals surface area contributed by atoms with Crippen LogP contribution < -0.4 is 10.6 Å². The van der Waals surface area contributed by atoms with E-state index in [-0.39, 0.29) is 17.4 Å². The highest BCUT2D eigenvalue weighted by Gasteiger charge is 2.18. The monoisotopic (exact) mass is 278 g/mol. The zero-order chi connectivity index (χ0) is 14.8. The maximum Gasteiger partial charge on any atom is 0.263 e. The van der Waals surface area contributed by atoms with Crippen LogP contribution in [-0.4, -0.2) is 42.9 Å². The Kier molecular flexibility index (Phi) is 7.18. The predicted molar refractivity (Wildman–Crippen MR) is 75.4 cm³/mol. The Bertz CT molecular complexity index is 412. The van der Waals surface area contributed by atoms with E-state index in [9.17, 15) is 9.59 Å². The molecule has 1 fully saturated rings. The van der Waals surface area contributed by atoms with E-state index >= 15 is 0 Å². The van der Waals surface area contributed by atoms with Gasteiger partial charge in [0.15, 0.2) is 0 Å². The number of nitrogens with zero attached hydrogens (tertiary/aromatic N) is 2. The van der Waals surface area contributed by atoms with Crippen LogP contribution >= 0.6 is 0 Å². The molecule has 0 radical (unpaired) electrons. The van der Waals surface area contributed by atoms with Crippen molar-refractivity contribution in [2.75, 3.05) is 26.2 Å². The molecule has 0 spiro atoms. The van der Waals surface area contributed by atoms with Crippen LogP contribution in [0.1, 0.15) is 32.6 Å². The molecule has 1 aliphatic heterocycles.